The van der Waals surface area contributed by atoms with Gasteiger partial charge >= 0.3 is 12.6 Å². The highest BCUT2D eigenvalue weighted by Gasteiger charge is 2.27. The lowest BCUT2D eigenvalue weighted by Gasteiger charge is -2.19. The Morgan fingerprint density at radius 2 is 1.26 bits per heavy atom. The molecular formula is C29H21F4N3O3. The molecule has 1 aliphatic rings. The molecule has 1 heterocycles. The number of rotatable bonds is 7. The van der Waals surface area contributed by atoms with Crippen LogP contribution >= 0.6 is 0 Å². The summed E-state index contributed by atoms with van der Waals surface area (Å²) in [5.74, 6) is 0.135. The van der Waals surface area contributed by atoms with Crippen molar-refractivity contribution >= 4 is 23.0 Å². The van der Waals surface area contributed by atoms with E-state index in [-0.39, 0.29) is 23.9 Å². The lowest BCUT2D eigenvalue weighted by atomic mass is 10.0. The van der Waals surface area contributed by atoms with Gasteiger partial charge in [0.15, 0.2) is 0 Å². The molecule has 2 amide bonds. The number of hydrazine groups is 1. The van der Waals surface area contributed by atoms with E-state index in [1.165, 1.54) is 53.5 Å². The Morgan fingerprint density at radius 3 is 1.82 bits per heavy atom. The second kappa shape index (κ2) is 11.2. The van der Waals surface area contributed by atoms with Gasteiger partial charge < -0.3 is 14.8 Å². The van der Waals surface area contributed by atoms with Gasteiger partial charge in [0.1, 0.15) is 28.9 Å². The van der Waals surface area contributed by atoms with E-state index >= 15 is 0 Å². The quantitative estimate of drug-likeness (QED) is 0.244. The Labute approximate surface area is 221 Å². The first-order valence-electron chi connectivity index (χ1n) is 11.8. The van der Waals surface area contributed by atoms with Crippen LogP contribution in [0.15, 0.2) is 97.1 Å². The maximum Gasteiger partial charge on any atom is 0.387 e. The molecule has 0 saturated heterocycles. The molecule has 0 saturated carbocycles. The molecule has 4 aromatic carbocycles. The van der Waals surface area contributed by atoms with Crippen molar-refractivity contribution in [2.75, 3.05) is 11.9 Å². The van der Waals surface area contributed by atoms with Crippen molar-refractivity contribution in [3.63, 3.8) is 0 Å². The van der Waals surface area contributed by atoms with E-state index in [0.717, 1.165) is 5.57 Å². The van der Waals surface area contributed by atoms with Gasteiger partial charge in [0, 0.05) is 11.3 Å². The monoisotopic (exact) mass is 535 g/mol. The number of ether oxygens (including phenoxy) is 2. The Kier molecular flexibility index (Phi) is 7.35. The number of hydrogen-bond acceptors (Lipinski definition) is 4. The average Bonchev–Trinajstić information content (AvgIpc) is 3.37. The number of anilines is 1. The molecular weight excluding hydrogens is 514 g/mol. The molecule has 0 unspecified atom stereocenters. The number of halogens is 4. The minimum atomic E-state index is -2.91. The summed E-state index contributed by atoms with van der Waals surface area (Å²) in [7, 11) is 0. The van der Waals surface area contributed by atoms with Gasteiger partial charge in [-0.15, -0.1) is 0 Å². The predicted molar refractivity (Wildman–Crippen MR) is 138 cm³/mol. The number of urea groups is 1. The van der Waals surface area contributed by atoms with Crippen LogP contribution in [-0.2, 0) is 0 Å². The molecule has 6 nitrogen and oxygen atoms in total. The topological polar surface area (TPSA) is 62.8 Å². The number of carbonyl (C=O) groups excluding carboxylic acids is 1. The number of benzene rings is 4. The number of nitrogens with one attached hydrogen (secondary N) is 2. The lowest BCUT2D eigenvalue weighted by molar-refractivity contribution is -0.0498. The molecule has 5 rings (SSSR count). The second-order valence-corrected chi connectivity index (χ2v) is 8.47. The summed E-state index contributed by atoms with van der Waals surface area (Å²) in [4.78, 5) is 13.1. The van der Waals surface area contributed by atoms with Gasteiger partial charge in [-0.1, -0.05) is 12.1 Å². The molecule has 0 aromatic heterocycles. The number of alkyl halides is 2. The average molecular weight is 535 g/mol. The minimum absolute atomic E-state index is 0.0191. The van der Waals surface area contributed by atoms with E-state index in [2.05, 4.69) is 15.5 Å². The third-order valence-electron chi connectivity index (χ3n) is 5.83. The van der Waals surface area contributed by atoms with Gasteiger partial charge in [0.2, 0.25) is 0 Å². The van der Waals surface area contributed by atoms with Crippen molar-refractivity contribution in [1.82, 2.24) is 10.4 Å². The zero-order valence-electron chi connectivity index (χ0n) is 20.2. The van der Waals surface area contributed by atoms with Crippen molar-refractivity contribution in [3.8, 4) is 17.2 Å². The van der Waals surface area contributed by atoms with Gasteiger partial charge in [0.05, 0.1) is 12.2 Å². The summed E-state index contributed by atoms with van der Waals surface area (Å²) in [5, 5.41) is 4.16. The Balaban J connectivity index is 1.26. The van der Waals surface area contributed by atoms with Gasteiger partial charge in [-0.05, 0) is 96.1 Å². The molecule has 1 aliphatic heterocycles. The highest BCUT2D eigenvalue weighted by atomic mass is 19.3. The zero-order valence-corrected chi connectivity index (χ0v) is 20.2. The first-order valence-corrected chi connectivity index (χ1v) is 11.8. The molecule has 39 heavy (non-hydrogen) atoms. The number of nitrogens with zero attached hydrogens (tertiary/aromatic N) is 1. The Hall–Kier alpha value is -4.99. The largest absolute Gasteiger partial charge is 0.457 e. The molecule has 0 radical (unpaired) electrons. The molecule has 0 fully saturated rings. The van der Waals surface area contributed by atoms with Crippen molar-refractivity contribution < 1.29 is 31.8 Å². The van der Waals surface area contributed by atoms with Gasteiger partial charge in [0.25, 0.3) is 0 Å². The molecule has 0 aliphatic carbocycles. The summed E-state index contributed by atoms with van der Waals surface area (Å²) >= 11 is 0. The van der Waals surface area contributed by atoms with Gasteiger partial charge in [-0.3, -0.25) is 5.43 Å². The van der Waals surface area contributed by atoms with Gasteiger partial charge in [-0.25, -0.2) is 18.6 Å². The van der Waals surface area contributed by atoms with Crippen LogP contribution in [0.25, 0.3) is 11.3 Å². The third-order valence-corrected chi connectivity index (χ3v) is 5.83. The van der Waals surface area contributed by atoms with Crippen molar-refractivity contribution in [2.24, 2.45) is 0 Å². The van der Waals surface area contributed by atoms with E-state index in [1.807, 2.05) is 0 Å². The van der Waals surface area contributed by atoms with Crippen LogP contribution in [0.1, 0.15) is 11.1 Å². The van der Waals surface area contributed by atoms with E-state index in [1.54, 1.807) is 48.5 Å². The zero-order chi connectivity index (χ0) is 27.4. The molecule has 198 valence electrons. The SMILES string of the molecule is O=C(Nc1ccc(Oc2ccc(OC(F)F)cc2)cc1)N1CC(c2ccc(F)cc2)=C(c2ccc(F)cc2)N1. The summed E-state index contributed by atoms with van der Waals surface area (Å²) < 4.78 is 61.6. The van der Waals surface area contributed by atoms with Crippen LogP contribution in [0.2, 0.25) is 0 Å². The fourth-order valence-corrected chi connectivity index (χ4v) is 3.97. The van der Waals surface area contributed by atoms with Crippen LogP contribution in [0.4, 0.5) is 28.0 Å². The second-order valence-electron chi connectivity index (χ2n) is 8.47. The predicted octanol–water partition coefficient (Wildman–Crippen LogP) is 7.28. The standard InChI is InChI=1S/C29H21F4N3O3/c30-20-5-1-18(2-6-20)26-17-36(35-27(26)19-3-7-21(31)8-4-19)29(37)34-22-9-11-23(12-10-22)38-24-13-15-25(16-14-24)39-28(32)33/h1-16,28,35H,17H2,(H,34,37). The molecule has 4 aromatic rings. The molecule has 0 spiro atoms. The number of carbonyl (C=O) groups is 1. The summed E-state index contributed by atoms with van der Waals surface area (Å²) in [6.45, 7) is -2.73. The normalized spacial score (nSPS) is 12.9. The molecule has 10 heteroatoms. The highest BCUT2D eigenvalue weighted by Crippen LogP contribution is 2.31. The first-order chi connectivity index (χ1) is 18.8. The molecule has 0 atom stereocenters. The molecule has 2 N–H and O–H groups in total. The summed E-state index contributed by atoms with van der Waals surface area (Å²) in [6.07, 6.45) is 0. The minimum Gasteiger partial charge on any atom is -0.457 e. The third kappa shape index (κ3) is 6.30. The van der Waals surface area contributed by atoms with Crippen LogP contribution in [-0.4, -0.2) is 24.2 Å². The smallest absolute Gasteiger partial charge is 0.387 e. The fraction of sp³-hybridized carbons (Fsp3) is 0.0690. The Bertz CT molecular complexity index is 1420. The van der Waals surface area contributed by atoms with Crippen LogP contribution < -0.4 is 20.2 Å². The summed E-state index contributed by atoms with van der Waals surface area (Å²) in [5.41, 5.74) is 6.29. The lowest BCUT2D eigenvalue weighted by Crippen LogP contribution is -2.40. The van der Waals surface area contributed by atoms with Crippen LogP contribution in [0.5, 0.6) is 17.2 Å². The van der Waals surface area contributed by atoms with Crippen LogP contribution in [0.3, 0.4) is 0 Å². The van der Waals surface area contributed by atoms with E-state index < -0.39 is 12.6 Å². The van der Waals surface area contributed by atoms with E-state index in [4.69, 9.17) is 4.74 Å². The fourth-order valence-electron chi connectivity index (χ4n) is 3.97. The summed E-state index contributed by atoms with van der Waals surface area (Å²) in [6, 6.07) is 23.6. The highest BCUT2D eigenvalue weighted by molar-refractivity contribution is 5.98. The number of amides is 2. The van der Waals surface area contributed by atoms with Crippen molar-refractivity contribution in [2.45, 2.75) is 6.61 Å². The van der Waals surface area contributed by atoms with E-state index in [0.29, 0.717) is 34.0 Å². The first kappa shape index (κ1) is 25.7. The van der Waals surface area contributed by atoms with Gasteiger partial charge in [-0.2, -0.15) is 8.78 Å². The van der Waals surface area contributed by atoms with Crippen LogP contribution in [0, 0.1) is 11.6 Å². The van der Waals surface area contributed by atoms with Crippen molar-refractivity contribution in [1.29, 1.82) is 0 Å². The van der Waals surface area contributed by atoms with Crippen molar-refractivity contribution in [3.05, 3.63) is 120 Å². The maximum atomic E-state index is 13.5. The molecule has 0 bridgehead atoms. The maximum absolute atomic E-state index is 13.5. The Morgan fingerprint density at radius 1 is 0.744 bits per heavy atom. The van der Waals surface area contributed by atoms with E-state index in [9.17, 15) is 22.4 Å². The number of hydrogen-bond donors (Lipinski definition) is 2.